The zero-order chi connectivity index (χ0) is 16.8. The number of ether oxygens (including phenoxy) is 2. The Morgan fingerprint density at radius 3 is 2.48 bits per heavy atom. The van der Waals surface area contributed by atoms with Crippen LogP contribution in [-0.2, 0) is 0 Å². The van der Waals surface area contributed by atoms with Crippen molar-refractivity contribution in [3.63, 3.8) is 0 Å². The van der Waals surface area contributed by atoms with Crippen LogP contribution >= 0.6 is 22.6 Å². The van der Waals surface area contributed by atoms with Crippen molar-refractivity contribution in [1.82, 2.24) is 5.43 Å². The quantitative estimate of drug-likeness (QED) is 0.438. The molecular formula is C16H15IN2O4. The van der Waals surface area contributed by atoms with Gasteiger partial charge in [-0.25, -0.2) is 5.43 Å². The molecule has 0 heterocycles. The molecule has 0 radical (unpaired) electrons. The maximum absolute atomic E-state index is 12.0. The Hall–Kier alpha value is -2.29. The van der Waals surface area contributed by atoms with E-state index in [1.165, 1.54) is 19.4 Å². The summed E-state index contributed by atoms with van der Waals surface area (Å²) in [6, 6.07) is 9.91. The summed E-state index contributed by atoms with van der Waals surface area (Å²) in [5.41, 5.74) is 3.54. The molecule has 0 spiro atoms. The molecule has 6 nitrogen and oxygen atoms in total. The Morgan fingerprint density at radius 2 is 1.87 bits per heavy atom. The second-order valence-corrected chi connectivity index (χ2v) is 5.64. The van der Waals surface area contributed by atoms with Gasteiger partial charge < -0.3 is 14.6 Å². The van der Waals surface area contributed by atoms with E-state index >= 15 is 0 Å². The Morgan fingerprint density at radius 1 is 1.17 bits per heavy atom. The number of carbonyl (C=O) groups excluding carboxylic acids is 1. The lowest BCUT2D eigenvalue weighted by atomic mass is 10.2. The molecule has 0 aliphatic rings. The van der Waals surface area contributed by atoms with Crippen molar-refractivity contribution in [2.24, 2.45) is 5.10 Å². The highest BCUT2D eigenvalue weighted by atomic mass is 127. The van der Waals surface area contributed by atoms with Crippen LogP contribution in [0.3, 0.4) is 0 Å². The molecule has 0 saturated heterocycles. The maximum Gasteiger partial charge on any atom is 0.271 e. The molecule has 7 heteroatoms. The average molecular weight is 426 g/mol. The number of methoxy groups -OCH3 is 2. The third-order valence-electron chi connectivity index (χ3n) is 3.00. The van der Waals surface area contributed by atoms with Gasteiger partial charge in [0.1, 0.15) is 5.75 Å². The molecular weight excluding hydrogens is 411 g/mol. The predicted molar refractivity (Wildman–Crippen MR) is 95.4 cm³/mol. The fourth-order valence-electron chi connectivity index (χ4n) is 1.82. The smallest absolute Gasteiger partial charge is 0.271 e. The van der Waals surface area contributed by atoms with Crippen molar-refractivity contribution in [3.05, 3.63) is 51.1 Å². The van der Waals surface area contributed by atoms with E-state index in [1.54, 1.807) is 37.4 Å². The van der Waals surface area contributed by atoms with E-state index < -0.39 is 0 Å². The fourth-order valence-corrected chi connectivity index (χ4v) is 2.56. The number of benzene rings is 2. The normalized spacial score (nSPS) is 10.6. The van der Waals surface area contributed by atoms with Crippen molar-refractivity contribution in [2.75, 3.05) is 14.2 Å². The number of nitrogens with one attached hydrogen (secondary N) is 1. The molecule has 0 fully saturated rings. The minimum absolute atomic E-state index is 0.00693. The molecule has 0 saturated carbocycles. The molecule has 2 rings (SSSR count). The Labute approximate surface area is 147 Å². The maximum atomic E-state index is 12.0. The Kier molecular flexibility index (Phi) is 5.80. The standard InChI is InChI=1S/C16H15IN2O4/c1-22-14-6-4-11(8-12(14)17)16(21)19-18-9-10-3-5-15(23-2)13(20)7-10/h3-9,20H,1-2H3,(H,19,21)/b18-9-. The molecule has 1 amide bonds. The van der Waals surface area contributed by atoms with Crippen LogP contribution < -0.4 is 14.9 Å². The van der Waals surface area contributed by atoms with E-state index in [-0.39, 0.29) is 11.7 Å². The van der Waals surface area contributed by atoms with Gasteiger partial charge in [-0.05, 0) is 64.6 Å². The van der Waals surface area contributed by atoms with Crippen LogP contribution in [0, 0.1) is 3.57 Å². The van der Waals surface area contributed by atoms with Gasteiger partial charge in [-0.3, -0.25) is 4.79 Å². The molecule has 120 valence electrons. The lowest BCUT2D eigenvalue weighted by molar-refractivity contribution is 0.0955. The molecule has 0 aromatic heterocycles. The zero-order valence-electron chi connectivity index (χ0n) is 12.5. The second kappa shape index (κ2) is 7.82. The molecule has 0 unspecified atom stereocenters. The Bertz CT molecular complexity index is 747. The van der Waals surface area contributed by atoms with Crippen molar-refractivity contribution in [3.8, 4) is 17.2 Å². The van der Waals surface area contributed by atoms with Gasteiger partial charge in [-0.15, -0.1) is 0 Å². The third kappa shape index (κ3) is 4.35. The number of hydrazone groups is 1. The molecule has 0 atom stereocenters. The largest absolute Gasteiger partial charge is 0.504 e. The number of phenols is 1. The number of nitrogens with zero attached hydrogens (tertiary/aromatic N) is 1. The minimum atomic E-state index is -0.334. The molecule has 2 aromatic carbocycles. The monoisotopic (exact) mass is 426 g/mol. The van der Waals surface area contributed by atoms with E-state index in [4.69, 9.17) is 9.47 Å². The van der Waals surface area contributed by atoms with E-state index in [1.807, 2.05) is 0 Å². The summed E-state index contributed by atoms with van der Waals surface area (Å²) < 4.78 is 10.9. The van der Waals surface area contributed by atoms with Crippen LogP contribution in [0.5, 0.6) is 17.2 Å². The lowest BCUT2D eigenvalue weighted by Crippen LogP contribution is -2.17. The van der Waals surface area contributed by atoms with Gasteiger partial charge in [-0.1, -0.05) is 0 Å². The number of rotatable bonds is 5. The summed E-state index contributed by atoms with van der Waals surface area (Å²) in [6.45, 7) is 0. The third-order valence-corrected chi connectivity index (χ3v) is 3.84. The summed E-state index contributed by atoms with van der Waals surface area (Å²) in [5, 5.41) is 13.5. The van der Waals surface area contributed by atoms with E-state index in [9.17, 15) is 9.90 Å². The number of amides is 1. The predicted octanol–water partition coefficient (Wildman–Crippen LogP) is 2.78. The highest BCUT2D eigenvalue weighted by Gasteiger charge is 2.08. The van der Waals surface area contributed by atoms with Gasteiger partial charge in [0.25, 0.3) is 5.91 Å². The summed E-state index contributed by atoms with van der Waals surface area (Å²) in [5.74, 6) is 0.755. The molecule has 0 aliphatic carbocycles. The number of halogens is 1. The SMILES string of the molecule is COc1ccc(/C=N\NC(=O)c2ccc(OC)c(I)c2)cc1O. The van der Waals surface area contributed by atoms with Crippen LogP contribution in [0.15, 0.2) is 41.5 Å². The van der Waals surface area contributed by atoms with Gasteiger partial charge >= 0.3 is 0 Å². The van der Waals surface area contributed by atoms with Gasteiger partial charge in [0, 0.05) is 5.56 Å². The van der Waals surface area contributed by atoms with Gasteiger partial charge in [0.15, 0.2) is 11.5 Å². The molecule has 2 aromatic rings. The van der Waals surface area contributed by atoms with E-state index in [0.717, 1.165) is 3.57 Å². The van der Waals surface area contributed by atoms with Gasteiger partial charge in [-0.2, -0.15) is 5.10 Å². The van der Waals surface area contributed by atoms with Crippen molar-refractivity contribution < 1.29 is 19.4 Å². The van der Waals surface area contributed by atoms with Gasteiger partial charge in [0.05, 0.1) is 24.0 Å². The molecule has 0 aliphatic heterocycles. The average Bonchev–Trinajstić information content (AvgIpc) is 2.54. The van der Waals surface area contributed by atoms with Crippen molar-refractivity contribution in [1.29, 1.82) is 0 Å². The van der Waals surface area contributed by atoms with Crippen LogP contribution in [0.4, 0.5) is 0 Å². The first-order chi connectivity index (χ1) is 11.0. The first-order valence-corrected chi connectivity index (χ1v) is 7.67. The summed E-state index contributed by atoms with van der Waals surface area (Å²) in [7, 11) is 3.05. The van der Waals surface area contributed by atoms with Crippen LogP contribution in [0.1, 0.15) is 15.9 Å². The second-order valence-electron chi connectivity index (χ2n) is 4.48. The Balaban J connectivity index is 2.03. The van der Waals surface area contributed by atoms with E-state index in [0.29, 0.717) is 22.6 Å². The zero-order valence-corrected chi connectivity index (χ0v) is 14.7. The van der Waals surface area contributed by atoms with Gasteiger partial charge in [0.2, 0.25) is 0 Å². The first-order valence-electron chi connectivity index (χ1n) is 6.59. The number of hydrogen-bond acceptors (Lipinski definition) is 5. The van der Waals surface area contributed by atoms with Crippen LogP contribution in [0.2, 0.25) is 0 Å². The number of hydrogen-bond donors (Lipinski definition) is 2. The highest BCUT2D eigenvalue weighted by molar-refractivity contribution is 14.1. The summed E-state index contributed by atoms with van der Waals surface area (Å²) >= 11 is 2.09. The molecule has 0 bridgehead atoms. The summed E-state index contributed by atoms with van der Waals surface area (Å²) in [4.78, 5) is 12.0. The van der Waals surface area contributed by atoms with Crippen LogP contribution in [-0.4, -0.2) is 31.4 Å². The highest BCUT2D eigenvalue weighted by Crippen LogP contribution is 2.25. The minimum Gasteiger partial charge on any atom is -0.504 e. The summed E-state index contributed by atoms with van der Waals surface area (Å²) in [6.07, 6.45) is 1.44. The number of aromatic hydroxyl groups is 1. The van der Waals surface area contributed by atoms with Crippen molar-refractivity contribution >= 4 is 34.7 Å². The molecule has 23 heavy (non-hydrogen) atoms. The fraction of sp³-hybridized carbons (Fsp3) is 0.125. The number of carbonyl (C=O) groups is 1. The van der Waals surface area contributed by atoms with E-state index in [2.05, 4.69) is 33.1 Å². The first kappa shape index (κ1) is 17.1. The topological polar surface area (TPSA) is 80.2 Å². The molecule has 2 N–H and O–H groups in total. The van der Waals surface area contributed by atoms with Crippen LogP contribution in [0.25, 0.3) is 0 Å². The lowest BCUT2D eigenvalue weighted by Gasteiger charge is -2.05. The number of phenolic OH excluding ortho intramolecular Hbond substituents is 1. The van der Waals surface area contributed by atoms with Crippen molar-refractivity contribution in [2.45, 2.75) is 0 Å².